The van der Waals surface area contributed by atoms with Gasteiger partial charge >= 0.3 is 5.97 Å². The van der Waals surface area contributed by atoms with Crippen LogP contribution < -0.4 is 19.6 Å². The Morgan fingerprint density at radius 2 is 1.73 bits per heavy atom. The molecule has 2 aromatic carbocycles. The van der Waals surface area contributed by atoms with E-state index in [4.69, 9.17) is 19.3 Å². The molecule has 2 rings (SSSR count). The lowest BCUT2D eigenvalue weighted by Crippen LogP contribution is -2.24. The fourth-order valence-corrected chi connectivity index (χ4v) is 1.89. The molecule has 2 aromatic rings. The van der Waals surface area contributed by atoms with E-state index in [0.29, 0.717) is 22.8 Å². The molecule has 0 aliphatic heterocycles. The standard InChI is InChI=1S/C18H18N2O6/c1-24-15-4-2-3-5-16(15)26-11-17(21)20-19-10-13-6-8-14(9-7-13)25-12-18(22)23/h2-10H,11-12H2,1H3,(H,20,21)(H,22,23)/b19-10-. The predicted octanol–water partition coefficient (Wildman–Crippen LogP) is 1.69. The summed E-state index contributed by atoms with van der Waals surface area (Å²) in [5.41, 5.74) is 3.06. The van der Waals surface area contributed by atoms with Crippen molar-refractivity contribution in [3.63, 3.8) is 0 Å². The van der Waals surface area contributed by atoms with Crippen LogP contribution in [0.5, 0.6) is 17.2 Å². The maximum absolute atomic E-state index is 11.7. The summed E-state index contributed by atoms with van der Waals surface area (Å²) >= 11 is 0. The van der Waals surface area contributed by atoms with Crippen molar-refractivity contribution < 1.29 is 28.9 Å². The van der Waals surface area contributed by atoms with Crippen molar-refractivity contribution in [2.75, 3.05) is 20.3 Å². The van der Waals surface area contributed by atoms with Crippen molar-refractivity contribution in [1.82, 2.24) is 5.43 Å². The predicted molar refractivity (Wildman–Crippen MR) is 93.8 cm³/mol. The number of nitrogens with zero attached hydrogens (tertiary/aromatic N) is 1. The Balaban J connectivity index is 1.78. The van der Waals surface area contributed by atoms with Gasteiger partial charge in [0.1, 0.15) is 5.75 Å². The summed E-state index contributed by atoms with van der Waals surface area (Å²) in [6.45, 7) is -0.616. The first-order chi connectivity index (χ1) is 12.6. The molecule has 0 aromatic heterocycles. The second-order valence-electron chi connectivity index (χ2n) is 4.98. The third-order valence-corrected chi connectivity index (χ3v) is 3.07. The lowest BCUT2D eigenvalue weighted by molar-refractivity contribution is -0.139. The first-order valence-corrected chi connectivity index (χ1v) is 7.61. The van der Waals surface area contributed by atoms with Crippen molar-refractivity contribution in [1.29, 1.82) is 0 Å². The number of rotatable bonds is 9. The topological polar surface area (TPSA) is 106 Å². The number of benzene rings is 2. The van der Waals surface area contributed by atoms with Crippen molar-refractivity contribution in [3.05, 3.63) is 54.1 Å². The van der Waals surface area contributed by atoms with Gasteiger partial charge in [-0.3, -0.25) is 4.79 Å². The third kappa shape index (κ3) is 6.16. The molecule has 0 heterocycles. The molecule has 8 nitrogen and oxygen atoms in total. The molecule has 0 saturated heterocycles. The second-order valence-corrected chi connectivity index (χ2v) is 4.98. The van der Waals surface area contributed by atoms with E-state index in [1.807, 2.05) is 0 Å². The van der Waals surface area contributed by atoms with Crippen LogP contribution in [0.4, 0.5) is 0 Å². The van der Waals surface area contributed by atoms with Crippen LogP contribution in [0.2, 0.25) is 0 Å². The van der Waals surface area contributed by atoms with Crippen LogP contribution >= 0.6 is 0 Å². The van der Waals surface area contributed by atoms with E-state index in [0.717, 1.165) is 0 Å². The zero-order valence-electron chi connectivity index (χ0n) is 14.0. The molecule has 136 valence electrons. The number of carbonyl (C=O) groups is 2. The first kappa shape index (κ1) is 18.8. The number of carbonyl (C=O) groups excluding carboxylic acids is 1. The van der Waals surface area contributed by atoms with Crippen LogP contribution in [0.25, 0.3) is 0 Å². The molecular weight excluding hydrogens is 340 g/mol. The molecule has 0 spiro atoms. The number of hydrazone groups is 1. The molecule has 1 amide bonds. The molecule has 0 radical (unpaired) electrons. The van der Waals surface area contributed by atoms with Crippen LogP contribution in [-0.4, -0.2) is 43.5 Å². The Hall–Kier alpha value is -3.55. The highest BCUT2D eigenvalue weighted by Gasteiger charge is 2.06. The van der Waals surface area contributed by atoms with Gasteiger partial charge in [-0.25, -0.2) is 10.2 Å². The fraction of sp³-hybridized carbons (Fsp3) is 0.167. The summed E-state index contributed by atoms with van der Waals surface area (Å²) in [4.78, 5) is 22.2. The Morgan fingerprint density at radius 1 is 1.04 bits per heavy atom. The van der Waals surface area contributed by atoms with Gasteiger partial charge in [0.25, 0.3) is 5.91 Å². The number of para-hydroxylation sites is 2. The number of aliphatic carboxylic acids is 1. The van der Waals surface area contributed by atoms with Gasteiger partial charge < -0.3 is 19.3 Å². The number of nitrogens with one attached hydrogen (secondary N) is 1. The highest BCUT2D eigenvalue weighted by molar-refractivity contribution is 5.83. The molecule has 0 bridgehead atoms. The number of hydrogen-bond donors (Lipinski definition) is 2. The molecule has 0 unspecified atom stereocenters. The summed E-state index contributed by atoms with van der Waals surface area (Å²) < 4.78 is 15.5. The summed E-state index contributed by atoms with van der Waals surface area (Å²) in [7, 11) is 1.52. The van der Waals surface area contributed by atoms with E-state index in [1.165, 1.54) is 13.3 Å². The molecule has 0 aliphatic carbocycles. The van der Waals surface area contributed by atoms with Gasteiger partial charge in [-0.15, -0.1) is 0 Å². The average Bonchev–Trinajstić information content (AvgIpc) is 2.66. The third-order valence-electron chi connectivity index (χ3n) is 3.07. The number of carboxylic acid groups (broad SMARTS) is 1. The number of hydrogen-bond acceptors (Lipinski definition) is 6. The van der Waals surface area contributed by atoms with E-state index in [2.05, 4.69) is 10.5 Å². The Morgan fingerprint density at radius 3 is 2.38 bits per heavy atom. The SMILES string of the molecule is COc1ccccc1OCC(=O)N/N=C\c1ccc(OCC(=O)O)cc1. The van der Waals surface area contributed by atoms with Crippen molar-refractivity contribution in [3.8, 4) is 17.2 Å². The molecule has 0 saturated carbocycles. The highest BCUT2D eigenvalue weighted by atomic mass is 16.5. The molecule has 0 atom stereocenters. The van der Waals surface area contributed by atoms with Gasteiger partial charge in [0.05, 0.1) is 13.3 Å². The first-order valence-electron chi connectivity index (χ1n) is 7.61. The van der Waals surface area contributed by atoms with E-state index >= 15 is 0 Å². The number of carboxylic acids is 1. The Labute approximate surface area is 150 Å². The van der Waals surface area contributed by atoms with Gasteiger partial charge in [-0.2, -0.15) is 5.10 Å². The van der Waals surface area contributed by atoms with Gasteiger partial charge in [0, 0.05) is 0 Å². The largest absolute Gasteiger partial charge is 0.493 e. The number of ether oxygens (including phenoxy) is 3. The quantitative estimate of drug-likeness (QED) is 0.522. The highest BCUT2D eigenvalue weighted by Crippen LogP contribution is 2.25. The molecular formula is C18H18N2O6. The summed E-state index contributed by atoms with van der Waals surface area (Å²) in [6.07, 6.45) is 1.45. The van der Waals surface area contributed by atoms with Crippen molar-refractivity contribution in [2.45, 2.75) is 0 Å². The summed E-state index contributed by atoms with van der Waals surface area (Å²) in [5.74, 6) is -0.0406. The monoisotopic (exact) mass is 358 g/mol. The summed E-state index contributed by atoms with van der Waals surface area (Å²) in [5, 5.41) is 12.4. The lowest BCUT2D eigenvalue weighted by atomic mass is 10.2. The van der Waals surface area contributed by atoms with Crippen LogP contribution in [0.1, 0.15) is 5.56 Å². The molecule has 0 aliphatic rings. The zero-order valence-corrected chi connectivity index (χ0v) is 14.0. The maximum atomic E-state index is 11.7. The zero-order chi connectivity index (χ0) is 18.8. The average molecular weight is 358 g/mol. The van der Waals surface area contributed by atoms with Gasteiger partial charge in [0.15, 0.2) is 24.7 Å². The normalized spacial score (nSPS) is 10.3. The molecule has 0 fully saturated rings. The van der Waals surface area contributed by atoms with Crippen LogP contribution in [0.15, 0.2) is 53.6 Å². The second kappa shape index (κ2) is 9.67. The van der Waals surface area contributed by atoms with Crippen LogP contribution in [0, 0.1) is 0 Å². The summed E-state index contributed by atoms with van der Waals surface area (Å²) in [6, 6.07) is 13.6. The van der Waals surface area contributed by atoms with E-state index in [9.17, 15) is 9.59 Å². The lowest BCUT2D eigenvalue weighted by Gasteiger charge is -2.09. The number of methoxy groups -OCH3 is 1. The smallest absolute Gasteiger partial charge is 0.341 e. The van der Waals surface area contributed by atoms with E-state index in [-0.39, 0.29) is 6.61 Å². The van der Waals surface area contributed by atoms with Crippen molar-refractivity contribution >= 4 is 18.1 Å². The van der Waals surface area contributed by atoms with E-state index < -0.39 is 18.5 Å². The molecule has 8 heteroatoms. The van der Waals surface area contributed by atoms with Gasteiger partial charge in [-0.05, 0) is 42.0 Å². The Kier molecular flexibility index (Phi) is 6.99. The number of amides is 1. The Bertz CT molecular complexity index is 774. The van der Waals surface area contributed by atoms with Gasteiger partial charge in [-0.1, -0.05) is 12.1 Å². The maximum Gasteiger partial charge on any atom is 0.341 e. The minimum absolute atomic E-state index is 0.209. The van der Waals surface area contributed by atoms with Gasteiger partial charge in [0.2, 0.25) is 0 Å². The minimum atomic E-state index is -1.05. The van der Waals surface area contributed by atoms with Crippen molar-refractivity contribution in [2.24, 2.45) is 5.10 Å². The fourth-order valence-electron chi connectivity index (χ4n) is 1.89. The minimum Gasteiger partial charge on any atom is -0.493 e. The van der Waals surface area contributed by atoms with Crippen LogP contribution in [0.3, 0.4) is 0 Å². The molecule has 2 N–H and O–H groups in total. The molecule has 26 heavy (non-hydrogen) atoms. The van der Waals surface area contributed by atoms with E-state index in [1.54, 1.807) is 48.5 Å². The van der Waals surface area contributed by atoms with Crippen LogP contribution in [-0.2, 0) is 9.59 Å².